The summed E-state index contributed by atoms with van der Waals surface area (Å²) in [5.41, 5.74) is 5.54. The third-order valence-corrected chi connectivity index (χ3v) is 3.90. The van der Waals surface area contributed by atoms with Gasteiger partial charge in [0.05, 0.1) is 5.56 Å². The normalized spacial score (nSPS) is 12.4. The van der Waals surface area contributed by atoms with Crippen molar-refractivity contribution >= 4 is 27.7 Å². The highest BCUT2D eigenvalue weighted by molar-refractivity contribution is 9.10. The Hall–Kier alpha value is -2.54. The first-order valence-electron chi connectivity index (χ1n) is 6.90. The quantitative estimate of drug-likeness (QED) is 0.788. The van der Waals surface area contributed by atoms with Crippen LogP contribution in [0.3, 0.4) is 0 Å². The molecule has 0 atom stereocenters. The lowest BCUT2D eigenvalue weighted by atomic mass is 10.2. The summed E-state index contributed by atoms with van der Waals surface area (Å²) in [5, 5.41) is 0. The molecule has 0 fully saturated rings. The van der Waals surface area contributed by atoms with Gasteiger partial charge in [0.15, 0.2) is 11.5 Å². The van der Waals surface area contributed by atoms with E-state index >= 15 is 0 Å². The second-order valence-corrected chi connectivity index (χ2v) is 5.60. The second kappa shape index (κ2) is 6.70. The summed E-state index contributed by atoms with van der Waals surface area (Å²) in [6, 6.07) is 11.8. The number of ether oxygens (including phenoxy) is 2. The highest BCUT2D eigenvalue weighted by Gasteiger charge is 2.16. The molecule has 0 spiro atoms. The molecular formula is C16H13BrN2O4. The molecule has 6 nitrogen and oxygen atoms in total. The van der Waals surface area contributed by atoms with Crippen LogP contribution in [-0.4, -0.2) is 25.0 Å². The van der Waals surface area contributed by atoms with Gasteiger partial charge in [-0.1, -0.05) is 12.1 Å². The Labute approximate surface area is 140 Å². The van der Waals surface area contributed by atoms with Crippen molar-refractivity contribution in [3.05, 3.63) is 58.1 Å². The number of hydrazine groups is 1. The Kier molecular flexibility index (Phi) is 4.47. The van der Waals surface area contributed by atoms with Crippen LogP contribution in [0.4, 0.5) is 0 Å². The van der Waals surface area contributed by atoms with Gasteiger partial charge in [0.25, 0.3) is 11.8 Å². The minimum absolute atomic E-state index is 0.363. The molecule has 0 saturated carbocycles. The predicted molar refractivity (Wildman–Crippen MR) is 86.5 cm³/mol. The monoisotopic (exact) mass is 376 g/mol. The fraction of sp³-hybridized carbons (Fsp3) is 0.125. The van der Waals surface area contributed by atoms with Crippen LogP contribution in [0.25, 0.3) is 0 Å². The number of halogens is 1. The predicted octanol–water partition coefficient (Wildman–Crippen LogP) is 2.30. The SMILES string of the molecule is O=C(NNC(=O)c1ccccc1Br)c1ccc2c(c1)OCCO2. The minimum atomic E-state index is -0.442. The maximum absolute atomic E-state index is 12.1. The van der Waals surface area contributed by atoms with Gasteiger partial charge in [0.2, 0.25) is 0 Å². The zero-order valence-electron chi connectivity index (χ0n) is 12.0. The molecule has 23 heavy (non-hydrogen) atoms. The van der Waals surface area contributed by atoms with E-state index in [9.17, 15) is 9.59 Å². The Balaban J connectivity index is 1.66. The molecular weight excluding hydrogens is 364 g/mol. The maximum atomic E-state index is 12.1. The number of fused-ring (bicyclic) bond motifs is 1. The maximum Gasteiger partial charge on any atom is 0.270 e. The van der Waals surface area contributed by atoms with Crippen molar-refractivity contribution in [2.45, 2.75) is 0 Å². The summed E-state index contributed by atoms with van der Waals surface area (Å²) < 4.78 is 11.5. The van der Waals surface area contributed by atoms with Gasteiger partial charge in [-0.05, 0) is 46.3 Å². The van der Waals surface area contributed by atoms with Crippen molar-refractivity contribution in [1.82, 2.24) is 10.9 Å². The fourth-order valence-electron chi connectivity index (χ4n) is 2.08. The Morgan fingerprint density at radius 3 is 2.39 bits per heavy atom. The molecule has 2 aromatic rings. The van der Waals surface area contributed by atoms with Crippen molar-refractivity contribution in [2.24, 2.45) is 0 Å². The highest BCUT2D eigenvalue weighted by atomic mass is 79.9. The molecule has 2 aromatic carbocycles. The standard InChI is InChI=1S/C16H13BrN2O4/c17-12-4-2-1-3-11(12)16(21)19-18-15(20)10-5-6-13-14(9-10)23-8-7-22-13/h1-6,9H,7-8H2,(H,18,20)(H,19,21). The summed E-state index contributed by atoms with van der Waals surface area (Å²) in [7, 11) is 0. The van der Waals surface area contributed by atoms with Crippen LogP contribution >= 0.6 is 15.9 Å². The van der Waals surface area contributed by atoms with E-state index in [0.717, 1.165) is 0 Å². The molecule has 2 N–H and O–H groups in total. The van der Waals surface area contributed by atoms with Crippen molar-refractivity contribution in [3.63, 3.8) is 0 Å². The Morgan fingerprint density at radius 1 is 0.913 bits per heavy atom. The van der Waals surface area contributed by atoms with E-state index < -0.39 is 11.8 Å². The van der Waals surface area contributed by atoms with E-state index in [1.807, 2.05) is 0 Å². The van der Waals surface area contributed by atoms with Gasteiger partial charge >= 0.3 is 0 Å². The van der Waals surface area contributed by atoms with Gasteiger partial charge in [-0.25, -0.2) is 0 Å². The van der Waals surface area contributed by atoms with Crippen LogP contribution in [0.15, 0.2) is 46.9 Å². The molecule has 1 aliphatic heterocycles. The molecule has 0 unspecified atom stereocenters. The number of hydrogen-bond donors (Lipinski definition) is 2. The zero-order valence-corrected chi connectivity index (χ0v) is 13.6. The third-order valence-electron chi connectivity index (χ3n) is 3.21. The van der Waals surface area contributed by atoms with E-state index in [4.69, 9.17) is 9.47 Å². The first kappa shape index (κ1) is 15.4. The highest BCUT2D eigenvalue weighted by Crippen LogP contribution is 2.30. The number of hydrogen-bond acceptors (Lipinski definition) is 4. The van der Waals surface area contributed by atoms with Crippen LogP contribution in [0.5, 0.6) is 11.5 Å². The van der Waals surface area contributed by atoms with Crippen LogP contribution in [0.2, 0.25) is 0 Å². The Morgan fingerprint density at radius 2 is 1.61 bits per heavy atom. The molecule has 2 amide bonds. The number of nitrogens with one attached hydrogen (secondary N) is 2. The van der Waals surface area contributed by atoms with Crippen LogP contribution in [0.1, 0.15) is 20.7 Å². The average Bonchev–Trinajstić information content (AvgIpc) is 2.59. The van der Waals surface area contributed by atoms with E-state index in [2.05, 4.69) is 26.8 Å². The van der Waals surface area contributed by atoms with E-state index in [0.29, 0.717) is 40.3 Å². The average molecular weight is 377 g/mol. The van der Waals surface area contributed by atoms with Crippen molar-refractivity contribution in [3.8, 4) is 11.5 Å². The van der Waals surface area contributed by atoms with Gasteiger partial charge in [-0.15, -0.1) is 0 Å². The summed E-state index contributed by atoms with van der Waals surface area (Å²) in [4.78, 5) is 24.2. The fourth-order valence-corrected chi connectivity index (χ4v) is 2.55. The van der Waals surface area contributed by atoms with Gasteiger partial charge in [0, 0.05) is 10.0 Å². The molecule has 1 heterocycles. The first-order valence-corrected chi connectivity index (χ1v) is 7.69. The summed E-state index contributed by atoms with van der Waals surface area (Å²) in [6.07, 6.45) is 0. The van der Waals surface area contributed by atoms with Crippen molar-refractivity contribution in [1.29, 1.82) is 0 Å². The van der Waals surface area contributed by atoms with Gasteiger partial charge in [0.1, 0.15) is 13.2 Å². The Bertz CT molecular complexity index is 763. The molecule has 7 heteroatoms. The lowest BCUT2D eigenvalue weighted by molar-refractivity contribution is 0.0845. The molecule has 0 bridgehead atoms. The number of rotatable bonds is 2. The lowest BCUT2D eigenvalue weighted by Gasteiger charge is -2.18. The number of benzene rings is 2. The van der Waals surface area contributed by atoms with Crippen LogP contribution < -0.4 is 20.3 Å². The molecule has 0 radical (unpaired) electrons. The molecule has 3 rings (SSSR count). The molecule has 0 aliphatic carbocycles. The number of amides is 2. The second-order valence-electron chi connectivity index (χ2n) is 4.75. The molecule has 0 aromatic heterocycles. The molecule has 118 valence electrons. The van der Waals surface area contributed by atoms with Crippen LogP contribution in [0, 0.1) is 0 Å². The zero-order chi connectivity index (χ0) is 16.2. The smallest absolute Gasteiger partial charge is 0.270 e. The van der Waals surface area contributed by atoms with E-state index in [-0.39, 0.29) is 0 Å². The van der Waals surface area contributed by atoms with Crippen molar-refractivity contribution in [2.75, 3.05) is 13.2 Å². The number of carbonyl (C=O) groups excluding carboxylic acids is 2. The van der Waals surface area contributed by atoms with E-state index in [1.165, 1.54) is 0 Å². The summed E-state index contributed by atoms with van der Waals surface area (Å²) in [6.45, 7) is 0.928. The lowest BCUT2D eigenvalue weighted by Crippen LogP contribution is -2.41. The van der Waals surface area contributed by atoms with E-state index in [1.54, 1.807) is 42.5 Å². The molecule has 1 aliphatic rings. The van der Waals surface area contributed by atoms with Crippen molar-refractivity contribution < 1.29 is 19.1 Å². The summed E-state index contributed by atoms with van der Waals surface area (Å²) >= 11 is 3.29. The van der Waals surface area contributed by atoms with Crippen LogP contribution in [-0.2, 0) is 0 Å². The van der Waals surface area contributed by atoms with Gasteiger partial charge in [-0.3, -0.25) is 20.4 Å². The van der Waals surface area contributed by atoms with Gasteiger partial charge in [-0.2, -0.15) is 0 Å². The summed E-state index contributed by atoms with van der Waals surface area (Å²) in [5.74, 6) is 0.261. The third kappa shape index (κ3) is 3.45. The minimum Gasteiger partial charge on any atom is -0.486 e. The molecule has 0 saturated heterocycles. The van der Waals surface area contributed by atoms with Gasteiger partial charge < -0.3 is 9.47 Å². The number of carbonyl (C=O) groups is 2. The topological polar surface area (TPSA) is 76.7 Å². The largest absolute Gasteiger partial charge is 0.486 e. The first-order chi connectivity index (χ1) is 11.1.